The lowest BCUT2D eigenvalue weighted by Crippen LogP contribution is -2.62. The summed E-state index contributed by atoms with van der Waals surface area (Å²) in [4.78, 5) is 8.36. The summed E-state index contributed by atoms with van der Waals surface area (Å²) in [5.74, 6) is -0.559. The number of halogens is 1. The Morgan fingerprint density at radius 1 is 1.21 bits per heavy atom. The number of nitrogens with two attached hydrogens (primary N) is 1. The molecule has 0 radical (unpaired) electrons. The molecular formula is C20H23FN6O6S. The Hall–Kier alpha value is -2.72. The molecule has 4 heterocycles. The van der Waals surface area contributed by atoms with Gasteiger partial charge in [-0.1, -0.05) is 18.2 Å². The largest absolute Gasteiger partial charge is 0.397 e. The molecule has 4 atom stereocenters. The van der Waals surface area contributed by atoms with E-state index in [4.69, 9.17) is 15.2 Å². The number of aliphatic hydroxyl groups excluding tert-OH is 2. The molecule has 2 aromatic heterocycles. The molecule has 3 aromatic rings. The number of nitrogens with zero attached hydrogens (tertiary/aromatic N) is 3. The van der Waals surface area contributed by atoms with E-state index in [1.54, 1.807) is 12.1 Å². The average molecular weight is 495 g/mol. The van der Waals surface area contributed by atoms with Crippen molar-refractivity contribution in [2.24, 2.45) is 0 Å². The van der Waals surface area contributed by atoms with E-state index < -0.39 is 46.1 Å². The Bertz CT molecular complexity index is 1320. The van der Waals surface area contributed by atoms with Crippen molar-refractivity contribution in [3.8, 4) is 0 Å². The van der Waals surface area contributed by atoms with Crippen molar-refractivity contribution < 1.29 is 32.5 Å². The molecule has 12 nitrogen and oxygen atoms in total. The fraction of sp³-hybridized carbons (Fsp3) is 0.400. The van der Waals surface area contributed by atoms with Crippen LogP contribution in [0.25, 0.3) is 11.2 Å². The van der Waals surface area contributed by atoms with Crippen molar-refractivity contribution >= 4 is 27.1 Å². The number of fused-ring (bicyclic) bond motifs is 1. The van der Waals surface area contributed by atoms with Crippen LogP contribution in [-0.4, -0.2) is 71.2 Å². The van der Waals surface area contributed by atoms with Crippen LogP contribution in [0.3, 0.4) is 0 Å². The number of anilines is 1. The predicted octanol–water partition coefficient (Wildman–Crippen LogP) is -0.878. The van der Waals surface area contributed by atoms with Crippen LogP contribution in [0, 0.1) is 5.82 Å². The zero-order valence-corrected chi connectivity index (χ0v) is 18.5. The monoisotopic (exact) mass is 494 g/mol. The van der Waals surface area contributed by atoms with Crippen LogP contribution in [0.1, 0.15) is 11.8 Å². The van der Waals surface area contributed by atoms with Gasteiger partial charge in [-0.05, 0) is 12.1 Å². The molecule has 0 spiro atoms. The topological polar surface area (TPSA) is 174 Å². The van der Waals surface area contributed by atoms with E-state index in [2.05, 4.69) is 19.4 Å². The van der Waals surface area contributed by atoms with Crippen LogP contribution in [0.4, 0.5) is 10.1 Å². The zero-order valence-electron chi connectivity index (χ0n) is 17.7. The van der Waals surface area contributed by atoms with Crippen molar-refractivity contribution in [2.45, 2.75) is 30.1 Å². The maximum Gasteiger partial charge on any atom is 0.277 e. The summed E-state index contributed by atoms with van der Waals surface area (Å²) in [5, 5.41) is 21.0. The Morgan fingerprint density at radius 2 is 1.97 bits per heavy atom. The quantitative estimate of drug-likeness (QED) is 0.279. The Morgan fingerprint density at radius 3 is 2.68 bits per heavy atom. The predicted molar refractivity (Wildman–Crippen MR) is 117 cm³/mol. The molecule has 2 saturated heterocycles. The lowest BCUT2D eigenvalue weighted by molar-refractivity contribution is -0.0683. The van der Waals surface area contributed by atoms with E-state index in [0.29, 0.717) is 16.9 Å². The second-order valence-electron chi connectivity index (χ2n) is 8.28. The third-order valence-electron chi connectivity index (χ3n) is 5.99. The molecule has 182 valence electrons. The molecule has 2 aliphatic heterocycles. The van der Waals surface area contributed by atoms with E-state index in [0.717, 1.165) is 0 Å². The van der Waals surface area contributed by atoms with Crippen LogP contribution >= 0.6 is 0 Å². The molecule has 34 heavy (non-hydrogen) atoms. The molecule has 6 N–H and O–H groups in total. The van der Waals surface area contributed by atoms with E-state index in [9.17, 15) is 23.0 Å². The number of ether oxygens (including phenoxy) is 2. The highest BCUT2D eigenvalue weighted by atomic mass is 32.2. The second kappa shape index (κ2) is 8.49. The minimum Gasteiger partial charge on any atom is -0.397 e. The van der Waals surface area contributed by atoms with Crippen LogP contribution in [0.2, 0.25) is 0 Å². The number of aromatic nitrogens is 3. The van der Waals surface area contributed by atoms with Gasteiger partial charge in [0.05, 0.1) is 25.2 Å². The van der Waals surface area contributed by atoms with Crippen molar-refractivity contribution in [1.29, 1.82) is 0 Å². The van der Waals surface area contributed by atoms with Gasteiger partial charge in [-0.2, -0.15) is 17.9 Å². The van der Waals surface area contributed by atoms with Gasteiger partial charge >= 0.3 is 0 Å². The molecule has 5 rings (SSSR count). The molecule has 0 saturated carbocycles. The minimum absolute atomic E-state index is 0.0397. The van der Waals surface area contributed by atoms with Crippen molar-refractivity contribution in [3.05, 3.63) is 54.2 Å². The fourth-order valence-corrected chi connectivity index (χ4v) is 5.38. The number of imidazole rings is 1. The van der Waals surface area contributed by atoms with Gasteiger partial charge in [0, 0.05) is 18.3 Å². The van der Waals surface area contributed by atoms with Crippen LogP contribution in [0.5, 0.6) is 0 Å². The number of nitrogens with one attached hydrogen (secondary N) is 2. The number of hydrogen-bond acceptors (Lipinski definition) is 9. The van der Waals surface area contributed by atoms with E-state index >= 15 is 0 Å². The van der Waals surface area contributed by atoms with Crippen LogP contribution < -0.4 is 15.2 Å². The highest BCUT2D eigenvalue weighted by Crippen LogP contribution is 2.33. The second-order valence-corrected chi connectivity index (χ2v) is 9.78. The molecule has 1 aromatic carbocycles. The van der Waals surface area contributed by atoms with Gasteiger partial charge in [-0.3, -0.25) is 4.57 Å². The standard InChI is InChI=1S/C20H23FN6O6S/c21-12-4-2-1-3-11(12)20(8-32-9-20)26-34(30,31)25-7-14-16(28)17(29)19(33-14)27-10-24-15-13(22)5-6-23-18(15)27/h1-6,10,14,16-17,19,25-26,28-29H,7-9H2,(H2,22,23)/t14-,16-,17-,19-/m1/s1. The van der Waals surface area contributed by atoms with Crippen molar-refractivity contribution in [1.82, 2.24) is 24.0 Å². The van der Waals surface area contributed by atoms with E-state index in [-0.39, 0.29) is 25.3 Å². The molecule has 0 bridgehead atoms. The Kier molecular flexibility index (Phi) is 5.76. The van der Waals surface area contributed by atoms with Gasteiger partial charge in [0.2, 0.25) is 0 Å². The van der Waals surface area contributed by atoms with Crippen molar-refractivity contribution in [3.63, 3.8) is 0 Å². The van der Waals surface area contributed by atoms with E-state index in [1.807, 2.05) is 0 Å². The molecule has 0 aliphatic carbocycles. The van der Waals surface area contributed by atoms with Gasteiger partial charge < -0.3 is 25.4 Å². The lowest BCUT2D eigenvalue weighted by atomic mass is 9.89. The van der Waals surface area contributed by atoms with Gasteiger partial charge in [0.1, 0.15) is 35.2 Å². The summed E-state index contributed by atoms with van der Waals surface area (Å²) in [7, 11) is -4.17. The first-order valence-corrected chi connectivity index (χ1v) is 11.9. The number of nitrogen functional groups attached to an aromatic ring is 1. The zero-order chi connectivity index (χ0) is 24.1. The van der Waals surface area contributed by atoms with Crippen LogP contribution in [0.15, 0.2) is 42.9 Å². The third-order valence-corrected chi connectivity index (χ3v) is 7.20. The lowest BCUT2D eigenvalue weighted by Gasteiger charge is -2.42. The van der Waals surface area contributed by atoms with Gasteiger partial charge in [0.15, 0.2) is 11.9 Å². The maximum absolute atomic E-state index is 14.3. The molecular weight excluding hydrogens is 471 g/mol. The summed E-state index contributed by atoms with van der Waals surface area (Å²) in [6, 6.07) is 7.41. The number of rotatable bonds is 7. The first kappa shape index (κ1) is 23.0. The van der Waals surface area contributed by atoms with Gasteiger partial charge in [0.25, 0.3) is 10.2 Å². The summed E-state index contributed by atoms with van der Waals surface area (Å²) in [6.07, 6.45) is -2.09. The highest BCUT2D eigenvalue weighted by molar-refractivity contribution is 7.87. The molecule has 0 amide bonds. The number of benzene rings is 1. The summed E-state index contributed by atoms with van der Waals surface area (Å²) in [6.45, 7) is -0.440. The molecule has 2 fully saturated rings. The molecule has 0 unspecified atom stereocenters. The number of pyridine rings is 1. The van der Waals surface area contributed by atoms with Crippen molar-refractivity contribution in [2.75, 3.05) is 25.5 Å². The maximum atomic E-state index is 14.3. The highest BCUT2D eigenvalue weighted by Gasteiger charge is 2.47. The van der Waals surface area contributed by atoms with E-state index in [1.165, 1.54) is 35.3 Å². The summed E-state index contributed by atoms with van der Waals surface area (Å²) in [5.41, 5.74) is 5.93. The number of hydrogen-bond donors (Lipinski definition) is 5. The SMILES string of the molecule is Nc1ccnc2c1ncn2[C@@H]1O[C@H](CNS(=O)(=O)NC2(c3ccccc3F)COC2)[C@@H](O)[C@H]1O. The first-order valence-electron chi connectivity index (χ1n) is 10.4. The first-order chi connectivity index (χ1) is 16.2. The molecule has 14 heteroatoms. The Balaban J connectivity index is 1.29. The Labute approximate surface area is 193 Å². The summed E-state index contributed by atoms with van der Waals surface area (Å²) < 4.78 is 56.9. The fourth-order valence-electron chi connectivity index (χ4n) is 4.18. The normalized spacial score (nSPS) is 26.6. The van der Waals surface area contributed by atoms with Crippen LogP contribution in [-0.2, 0) is 25.2 Å². The third kappa shape index (κ3) is 3.92. The van der Waals surface area contributed by atoms with Gasteiger partial charge in [-0.25, -0.2) is 14.4 Å². The molecule has 2 aliphatic rings. The number of aliphatic hydroxyl groups is 2. The average Bonchev–Trinajstić information content (AvgIpc) is 3.32. The smallest absolute Gasteiger partial charge is 0.277 e. The minimum atomic E-state index is -4.17. The summed E-state index contributed by atoms with van der Waals surface area (Å²) >= 11 is 0. The van der Waals surface area contributed by atoms with Gasteiger partial charge in [-0.15, -0.1) is 0 Å².